The molecule has 1 N–H and O–H groups in total. The SMILES string of the molecule is CCN(c1ccc(F)cc1)c1nc(CC(=O)O)cs1. The molecule has 0 saturated heterocycles. The fraction of sp³-hybridized carbons (Fsp3) is 0.231. The van der Waals surface area contributed by atoms with Crippen LogP contribution in [0.2, 0.25) is 0 Å². The Morgan fingerprint density at radius 2 is 2.11 bits per heavy atom. The number of thiazole rings is 1. The van der Waals surface area contributed by atoms with Gasteiger partial charge in [-0.1, -0.05) is 0 Å². The number of aromatic nitrogens is 1. The first kappa shape index (κ1) is 13.5. The molecule has 0 unspecified atom stereocenters. The van der Waals surface area contributed by atoms with E-state index in [1.807, 2.05) is 11.8 Å². The number of rotatable bonds is 5. The van der Waals surface area contributed by atoms with Gasteiger partial charge in [0.1, 0.15) is 5.82 Å². The summed E-state index contributed by atoms with van der Waals surface area (Å²) in [7, 11) is 0. The van der Waals surface area contributed by atoms with Crippen LogP contribution in [0.25, 0.3) is 0 Å². The maximum absolute atomic E-state index is 12.9. The lowest BCUT2D eigenvalue weighted by Crippen LogP contribution is -2.16. The molecule has 1 heterocycles. The van der Waals surface area contributed by atoms with Gasteiger partial charge in [-0.15, -0.1) is 11.3 Å². The van der Waals surface area contributed by atoms with E-state index in [0.717, 1.165) is 5.69 Å². The van der Waals surface area contributed by atoms with Gasteiger partial charge in [0.2, 0.25) is 0 Å². The largest absolute Gasteiger partial charge is 0.481 e. The summed E-state index contributed by atoms with van der Waals surface area (Å²) in [4.78, 5) is 16.8. The molecule has 2 aromatic rings. The molecule has 19 heavy (non-hydrogen) atoms. The summed E-state index contributed by atoms with van der Waals surface area (Å²) in [5.74, 6) is -1.19. The van der Waals surface area contributed by atoms with Gasteiger partial charge in [0.15, 0.2) is 5.13 Å². The highest BCUT2D eigenvalue weighted by Crippen LogP contribution is 2.28. The zero-order chi connectivity index (χ0) is 13.8. The standard InChI is InChI=1S/C13H13FN2O2S/c1-2-16(11-5-3-9(14)4-6-11)13-15-10(8-19-13)7-12(17)18/h3-6,8H,2,7H2,1H3,(H,17,18). The average molecular weight is 280 g/mol. The zero-order valence-corrected chi connectivity index (χ0v) is 11.2. The first-order valence-corrected chi connectivity index (χ1v) is 6.67. The lowest BCUT2D eigenvalue weighted by atomic mass is 10.3. The Morgan fingerprint density at radius 1 is 1.42 bits per heavy atom. The van der Waals surface area contributed by atoms with E-state index in [4.69, 9.17) is 5.11 Å². The summed E-state index contributed by atoms with van der Waals surface area (Å²) >= 11 is 1.38. The van der Waals surface area contributed by atoms with Crippen molar-refractivity contribution in [2.24, 2.45) is 0 Å². The smallest absolute Gasteiger partial charge is 0.309 e. The highest BCUT2D eigenvalue weighted by atomic mass is 32.1. The van der Waals surface area contributed by atoms with Gasteiger partial charge in [0.05, 0.1) is 12.1 Å². The minimum Gasteiger partial charge on any atom is -0.481 e. The summed E-state index contributed by atoms with van der Waals surface area (Å²) in [5.41, 5.74) is 1.37. The van der Waals surface area contributed by atoms with Gasteiger partial charge >= 0.3 is 5.97 Å². The van der Waals surface area contributed by atoms with Crippen LogP contribution in [0.4, 0.5) is 15.2 Å². The maximum Gasteiger partial charge on any atom is 0.309 e. The molecule has 0 aliphatic rings. The number of nitrogens with zero attached hydrogens (tertiary/aromatic N) is 2. The first-order valence-electron chi connectivity index (χ1n) is 5.79. The number of hydrogen-bond acceptors (Lipinski definition) is 4. The van der Waals surface area contributed by atoms with Crippen LogP contribution < -0.4 is 4.90 Å². The fourth-order valence-corrected chi connectivity index (χ4v) is 2.61. The molecule has 0 saturated carbocycles. The van der Waals surface area contributed by atoms with Gasteiger partial charge < -0.3 is 10.0 Å². The number of aliphatic carboxylic acids is 1. The van der Waals surface area contributed by atoms with Crippen molar-refractivity contribution in [2.45, 2.75) is 13.3 Å². The Bertz CT molecular complexity index is 568. The molecule has 0 radical (unpaired) electrons. The first-order chi connectivity index (χ1) is 9.10. The monoisotopic (exact) mass is 280 g/mol. The average Bonchev–Trinajstić information content (AvgIpc) is 2.80. The molecule has 2 rings (SSSR count). The van der Waals surface area contributed by atoms with E-state index < -0.39 is 5.97 Å². The van der Waals surface area contributed by atoms with Gasteiger partial charge in [-0.05, 0) is 31.2 Å². The number of carboxylic acid groups (broad SMARTS) is 1. The predicted molar refractivity (Wildman–Crippen MR) is 72.5 cm³/mol. The Labute approximate surface area is 114 Å². The second-order valence-electron chi connectivity index (χ2n) is 3.91. The van der Waals surface area contributed by atoms with E-state index in [1.165, 1.54) is 23.5 Å². The number of halogens is 1. The number of anilines is 2. The molecule has 0 fully saturated rings. The Balaban J connectivity index is 2.24. The molecule has 1 aromatic carbocycles. The quantitative estimate of drug-likeness (QED) is 0.914. The van der Waals surface area contributed by atoms with Gasteiger partial charge in [0.25, 0.3) is 0 Å². The highest BCUT2D eigenvalue weighted by molar-refractivity contribution is 7.13. The van der Waals surface area contributed by atoms with E-state index in [2.05, 4.69) is 4.98 Å². The zero-order valence-electron chi connectivity index (χ0n) is 10.3. The van der Waals surface area contributed by atoms with Crippen LogP contribution in [0.3, 0.4) is 0 Å². The molecule has 6 heteroatoms. The molecular weight excluding hydrogens is 267 g/mol. The van der Waals surface area contributed by atoms with Crippen LogP contribution in [0.1, 0.15) is 12.6 Å². The van der Waals surface area contributed by atoms with E-state index in [0.29, 0.717) is 17.4 Å². The summed E-state index contributed by atoms with van der Waals surface area (Å²) in [5, 5.41) is 11.2. The van der Waals surface area contributed by atoms with Crippen molar-refractivity contribution in [1.82, 2.24) is 4.98 Å². The van der Waals surface area contributed by atoms with Crippen LogP contribution in [0.15, 0.2) is 29.6 Å². The normalized spacial score (nSPS) is 10.4. The van der Waals surface area contributed by atoms with Gasteiger partial charge in [-0.3, -0.25) is 4.79 Å². The van der Waals surface area contributed by atoms with Crippen molar-refractivity contribution >= 4 is 28.1 Å². The van der Waals surface area contributed by atoms with Gasteiger partial charge in [0, 0.05) is 17.6 Å². The topological polar surface area (TPSA) is 53.4 Å². The second-order valence-corrected chi connectivity index (χ2v) is 4.75. The molecule has 0 bridgehead atoms. The Morgan fingerprint density at radius 3 is 2.68 bits per heavy atom. The fourth-order valence-electron chi connectivity index (χ4n) is 1.71. The highest BCUT2D eigenvalue weighted by Gasteiger charge is 2.13. The summed E-state index contributed by atoms with van der Waals surface area (Å²) in [6, 6.07) is 6.14. The molecule has 0 amide bonds. The third kappa shape index (κ3) is 3.29. The maximum atomic E-state index is 12.9. The molecule has 1 aromatic heterocycles. The predicted octanol–water partition coefficient (Wildman–Crippen LogP) is 3.07. The molecule has 0 aliphatic heterocycles. The molecular formula is C13H13FN2O2S. The van der Waals surface area contributed by atoms with Crippen molar-refractivity contribution in [3.05, 3.63) is 41.2 Å². The van der Waals surface area contributed by atoms with Crippen LogP contribution in [0, 0.1) is 5.82 Å². The molecule has 0 spiro atoms. The van der Waals surface area contributed by atoms with Gasteiger partial charge in [-0.25, -0.2) is 9.37 Å². The molecule has 4 nitrogen and oxygen atoms in total. The minimum absolute atomic E-state index is 0.0858. The van der Waals surface area contributed by atoms with Crippen LogP contribution in [-0.2, 0) is 11.2 Å². The van der Waals surface area contributed by atoms with Crippen molar-refractivity contribution in [3.63, 3.8) is 0 Å². The third-order valence-electron chi connectivity index (χ3n) is 2.56. The minimum atomic E-state index is -0.901. The van der Waals surface area contributed by atoms with Gasteiger partial charge in [-0.2, -0.15) is 0 Å². The molecule has 0 atom stereocenters. The van der Waals surface area contributed by atoms with E-state index >= 15 is 0 Å². The van der Waals surface area contributed by atoms with Crippen molar-refractivity contribution in [1.29, 1.82) is 0 Å². The number of carboxylic acids is 1. The lowest BCUT2D eigenvalue weighted by Gasteiger charge is -2.19. The Hall–Kier alpha value is -1.95. The molecule has 0 aliphatic carbocycles. The Kier molecular flexibility index (Phi) is 4.11. The number of benzene rings is 1. The van der Waals surface area contributed by atoms with Crippen molar-refractivity contribution < 1.29 is 14.3 Å². The van der Waals surface area contributed by atoms with E-state index in [-0.39, 0.29) is 12.2 Å². The van der Waals surface area contributed by atoms with Crippen LogP contribution in [0.5, 0.6) is 0 Å². The number of hydrogen-bond donors (Lipinski definition) is 1. The van der Waals surface area contributed by atoms with E-state index in [1.54, 1.807) is 17.5 Å². The van der Waals surface area contributed by atoms with Crippen molar-refractivity contribution in [3.8, 4) is 0 Å². The number of carbonyl (C=O) groups is 1. The summed E-state index contributed by atoms with van der Waals surface area (Å²) in [6.45, 7) is 2.63. The van der Waals surface area contributed by atoms with Crippen LogP contribution in [-0.4, -0.2) is 22.6 Å². The van der Waals surface area contributed by atoms with Crippen LogP contribution >= 0.6 is 11.3 Å². The second kappa shape index (κ2) is 5.79. The lowest BCUT2D eigenvalue weighted by molar-refractivity contribution is -0.136. The summed E-state index contributed by atoms with van der Waals surface area (Å²) in [6.07, 6.45) is -0.0858. The molecule has 100 valence electrons. The van der Waals surface area contributed by atoms with Crippen molar-refractivity contribution in [2.75, 3.05) is 11.4 Å². The van der Waals surface area contributed by atoms with E-state index in [9.17, 15) is 9.18 Å². The summed E-state index contributed by atoms with van der Waals surface area (Å²) < 4.78 is 12.9. The third-order valence-corrected chi connectivity index (χ3v) is 3.47.